The fraction of sp³-hybridized carbons (Fsp3) is 0.815. The highest BCUT2D eigenvalue weighted by Gasteiger charge is 2.42. The summed E-state index contributed by atoms with van der Waals surface area (Å²) in [6, 6.07) is 0.415. The number of fused-ring (bicyclic) bond motifs is 1. The summed E-state index contributed by atoms with van der Waals surface area (Å²) in [4.78, 5) is 35.3. The average molecular weight is 571 g/mol. The van der Waals surface area contributed by atoms with Crippen LogP contribution in [-0.2, 0) is 23.7 Å². The van der Waals surface area contributed by atoms with Crippen molar-refractivity contribution >= 4 is 29.8 Å². The summed E-state index contributed by atoms with van der Waals surface area (Å²) in [5, 5.41) is 12.0. The molecule has 0 spiro atoms. The minimum absolute atomic E-state index is 0.00938. The van der Waals surface area contributed by atoms with E-state index in [2.05, 4.69) is 33.4 Å². The second-order valence-corrected chi connectivity index (χ2v) is 11.3. The van der Waals surface area contributed by atoms with Crippen molar-refractivity contribution in [1.29, 1.82) is 0 Å². The third kappa shape index (κ3) is 13.3. The molecule has 0 bridgehead atoms. The van der Waals surface area contributed by atoms with E-state index in [4.69, 9.17) is 18.9 Å². The molecule has 0 saturated carbocycles. The summed E-state index contributed by atoms with van der Waals surface area (Å²) in [5.74, 6) is 1.00. The van der Waals surface area contributed by atoms with Gasteiger partial charge in [0.15, 0.2) is 0 Å². The fourth-order valence-electron chi connectivity index (χ4n) is 4.83. The zero-order chi connectivity index (χ0) is 27.5. The molecule has 0 aromatic heterocycles. The summed E-state index contributed by atoms with van der Waals surface area (Å²) in [5.41, 5.74) is 0. The molecule has 2 saturated heterocycles. The molecule has 4 atom stereocenters. The minimum atomic E-state index is -0.381. The van der Waals surface area contributed by atoms with Gasteiger partial charge in [-0.1, -0.05) is 18.6 Å². The molecule has 12 heteroatoms. The first-order valence-electron chi connectivity index (χ1n) is 14.4. The van der Waals surface area contributed by atoms with Gasteiger partial charge in [0.25, 0.3) is 0 Å². The van der Waals surface area contributed by atoms with Crippen LogP contribution in [0.4, 0.5) is 9.59 Å². The Morgan fingerprint density at radius 3 is 2.41 bits per heavy atom. The van der Waals surface area contributed by atoms with Gasteiger partial charge in [0.2, 0.25) is 5.91 Å². The Morgan fingerprint density at radius 2 is 1.62 bits per heavy atom. The van der Waals surface area contributed by atoms with Crippen LogP contribution in [0.2, 0.25) is 0 Å². The number of carbonyl (C=O) groups excluding carboxylic acids is 3. The van der Waals surface area contributed by atoms with E-state index in [-0.39, 0.29) is 36.2 Å². The van der Waals surface area contributed by atoms with Crippen molar-refractivity contribution in [3.8, 4) is 0 Å². The van der Waals surface area contributed by atoms with Crippen molar-refractivity contribution in [2.45, 2.75) is 81.2 Å². The van der Waals surface area contributed by atoms with Crippen LogP contribution in [0.15, 0.2) is 12.2 Å². The lowest BCUT2D eigenvalue weighted by Gasteiger charge is -2.18. The van der Waals surface area contributed by atoms with Crippen LogP contribution in [-0.4, -0.2) is 100.0 Å². The van der Waals surface area contributed by atoms with Crippen LogP contribution in [0.3, 0.4) is 0 Å². The average Bonchev–Trinajstić information content (AvgIpc) is 3.45. The van der Waals surface area contributed by atoms with E-state index < -0.39 is 0 Å². The molecule has 2 heterocycles. The third-order valence-corrected chi connectivity index (χ3v) is 8.41. The lowest BCUT2D eigenvalue weighted by atomic mass is 10.0. The summed E-state index contributed by atoms with van der Waals surface area (Å²) < 4.78 is 21.9. The Morgan fingerprint density at radius 1 is 0.897 bits per heavy atom. The summed E-state index contributed by atoms with van der Waals surface area (Å²) in [7, 11) is 0. The van der Waals surface area contributed by atoms with Crippen molar-refractivity contribution in [1.82, 2.24) is 21.3 Å². The number of nitrogens with one attached hydrogen (secondary N) is 4. The maximum atomic E-state index is 12.0. The van der Waals surface area contributed by atoms with Crippen molar-refractivity contribution < 1.29 is 33.3 Å². The first kappa shape index (κ1) is 31.5. The number of alkyl carbamates (subject to hydrolysis) is 1. The number of hydrogen-bond donors (Lipinski definition) is 4. The molecule has 1 unspecified atom stereocenters. The van der Waals surface area contributed by atoms with Crippen molar-refractivity contribution in [3.63, 3.8) is 0 Å². The molecular weight excluding hydrogens is 524 g/mol. The van der Waals surface area contributed by atoms with Crippen LogP contribution in [0, 0.1) is 0 Å². The topological polar surface area (TPSA) is 136 Å². The molecule has 1 aliphatic carbocycles. The number of hydrogen-bond acceptors (Lipinski definition) is 8. The fourth-order valence-corrected chi connectivity index (χ4v) is 6.37. The van der Waals surface area contributed by atoms with E-state index in [1.54, 1.807) is 0 Å². The SMILES string of the molecule is O=C(CCCC[C@@H]1SC[C@@H]2NC(=O)N[C@@H]21)NCCOCCOCCOCCNC(=O)OC1CC/C=C/CCC1. The molecule has 4 amide bonds. The number of thioether (sulfide) groups is 1. The third-order valence-electron chi connectivity index (χ3n) is 6.90. The van der Waals surface area contributed by atoms with E-state index >= 15 is 0 Å². The molecule has 0 radical (unpaired) electrons. The van der Waals surface area contributed by atoms with Gasteiger partial charge >= 0.3 is 12.1 Å². The van der Waals surface area contributed by atoms with Gasteiger partial charge in [-0.25, -0.2) is 9.59 Å². The number of ether oxygens (including phenoxy) is 4. The molecule has 0 aromatic carbocycles. The van der Waals surface area contributed by atoms with Crippen LogP contribution in [0.25, 0.3) is 0 Å². The molecule has 2 aliphatic heterocycles. The predicted molar refractivity (Wildman–Crippen MR) is 150 cm³/mol. The Labute approximate surface area is 236 Å². The van der Waals surface area contributed by atoms with Gasteiger partial charge in [0.1, 0.15) is 6.10 Å². The lowest BCUT2D eigenvalue weighted by Crippen LogP contribution is -2.36. The van der Waals surface area contributed by atoms with Gasteiger partial charge in [-0.05, 0) is 44.9 Å². The highest BCUT2D eigenvalue weighted by atomic mass is 32.2. The zero-order valence-electron chi connectivity index (χ0n) is 23.0. The number of urea groups is 1. The van der Waals surface area contributed by atoms with Gasteiger partial charge < -0.3 is 40.2 Å². The Balaban J connectivity index is 1.02. The second kappa shape index (κ2) is 19.1. The van der Waals surface area contributed by atoms with Crippen LogP contribution < -0.4 is 21.3 Å². The monoisotopic (exact) mass is 570 g/mol. The van der Waals surface area contributed by atoms with E-state index in [1.807, 2.05) is 11.8 Å². The van der Waals surface area contributed by atoms with Gasteiger partial charge in [0.05, 0.1) is 51.7 Å². The molecule has 3 rings (SSSR count). The quantitative estimate of drug-likeness (QED) is 0.112. The second-order valence-electron chi connectivity index (χ2n) is 9.99. The molecule has 39 heavy (non-hydrogen) atoms. The largest absolute Gasteiger partial charge is 0.446 e. The molecule has 3 aliphatic rings. The number of carbonyl (C=O) groups is 3. The zero-order valence-corrected chi connectivity index (χ0v) is 23.8. The molecule has 0 aromatic rings. The van der Waals surface area contributed by atoms with E-state index in [1.165, 1.54) is 0 Å². The predicted octanol–water partition coefficient (Wildman–Crippen LogP) is 2.49. The standard InChI is InChI=1S/C27H46N4O7S/c32-24(11-7-6-10-23-25-22(20-39-23)30-26(33)31-25)28-12-14-35-16-18-37-19-17-36-15-13-29-27(34)38-21-8-4-2-1-3-5-9-21/h1-2,21-23,25H,3-20H2,(H,28,32)(H,29,34)(H2,30,31,33)/b2-1+/t21?,22-,23-,25-/m0/s1. The summed E-state index contributed by atoms with van der Waals surface area (Å²) in [6.07, 6.45) is 12.1. The minimum Gasteiger partial charge on any atom is -0.446 e. The lowest BCUT2D eigenvalue weighted by molar-refractivity contribution is -0.121. The van der Waals surface area contributed by atoms with E-state index in [0.717, 1.165) is 57.1 Å². The first-order chi connectivity index (χ1) is 19.1. The molecule has 2 fully saturated rings. The number of unbranched alkanes of at least 4 members (excludes halogenated alkanes) is 1. The Kier molecular flexibility index (Phi) is 15.4. The van der Waals surface area contributed by atoms with Crippen LogP contribution in [0.5, 0.6) is 0 Å². The first-order valence-corrected chi connectivity index (χ1v) is 15.4. The molecule has 4 N–H and O–H groups in total. The van der Waals surface area contributed by atoms with Crippen LogP contribution in [0.1, 0.15) is 57.8 Å². The number of allylic oxidation sites excluding steroid dienone is 2. The molecule has 222 valence electrons. The summed E-state index contributed by atoms with van der Waals surface area (Å²) in [6.45, 7) is 3.52. The van der Waals surface area contributed by atoms with Gasteiger partial charge in [-0.2, -0.15) is 11.8 Å². The maximum Gasteiger partial charge on any atom is 0.407 e. The summed E-state index contributed by atoms with van der Waals surface area (Å²) >= 11 is 1.90. The van der Waals surface area contributed by atoms with Crippen molar-refractivity contribution in [2.24, 2.45) is 0 Å². The van der Waals surface area contributed by atoms with Crippen LogP contribution >= 0.6 is 11.8 Å². The van der Waals surface area contributed by atoms with E-state index in [9.17, 15) is 14.4 Å². The van der Waals surface area contributed by atoms with Crippen molar-refractivity contribution in [2.75, 3.05) is 58.5 Å². The van der Waals surface area contributed by atoms with Crippen molar-refractivity contribution in [3.05, 3.63) is 12.2 Å². The Bertz CT molecular complexity index is 772. The maximum absolute atomic E-state index is 12.0. The number of rotatable bonds is 18. The molecular formula is C27H46N4O7S. The highest BCUT2D eigenvalue weighted by molar-refractivity contribution is 8.00. The highest BCUT2D eigenvalue weighted by Crippen LogP contribution is 2.33. The van der Waals surface area contributed by atoms with Gasteiger partial charge in [-0.15, -0.1) is 0 Å². The smallest absolute Gasteiger partial charge is 0.407 e. The molecule has 11 nitrogen and oxygen atoms in total. The van der Waals surface area contributed by atoms with E-state index in [0.29, 0.717) is 64.4 Å². The van der Waals surface area contributed by atoms with Gasteiger partial charge in [0, 0.05) is 30.5 Å². The Hall–Kier alpha value is -2.02. The van der Waals surface area contributed by atoms with Gasteiger partial charge in [-0.3, -0.25) is 4.79 Å². The normalized spacial score (nSPS) is 25.1. The number of amides is 4.